The Kier molecular flexibility index (Phi) is 3.69. The van der Waals surface area contributed by atoms with E-state index < -0.39 is 11.7 Å². The van der Waals surface area contributed by atoms with E-state index in [9.17, 15) is 10.2 Å². The molecule has 0 aliphatic heterocycles. The van der Waals surface area contributed by atoms with E-state index in [4.69, 9.17) is 4.74 Å². The highest BCUT2D eigenvalue weighted by atomic mass is 16.5. The van der Waals surface area contributed by atoms with Crippen molar-refractivity contribution in [2.24, 2.45) is 0 Å². The molecule has 1 unspecified atom stereocenters. The zero-order valence-electron chi connectivity index (χ0n) is 10.2. The SMILES string of the molecule is CC(O)c1cccc(OCC2(O)CCCC2)c1. The molecule has 94 valence electrons. The third-order valence-corrected chi connectivity index (χ3v) is 3.38. The summed E-state index contributed by atoms with van der Waals surface area (Å²) in [5.41, 5.74) is 0.182. The molecule has 3 heteroatoms. The van der Waals surface area contributed by atoms with Gasteiger partial charge in [-0.3, -0.25) is 0 Å². The van der Waals surface area contributed by atoms with E-state index in [1.807, 2.05) is 24.3 Å². The van der Waals surface area contributed by atoms with Gasteiger partial charge in [0.15, 0.2) is 0 Å². The summed E-state index contributed by atoms with van der Waals surface area (Å²) in [6, 6.07) is 7.39. The third-order valence-electron chi connectivity index (χ3n) is 3.38. The topological polar surface area (TPSA) is 49.7 Å². The highest BCUT2D eigenvalue weighted by molar-refractivity contribution is 5.29. The van der Waals surface area contributed by atoms with E-state index in [1.165, 1.54) is 0 Å². The van der Waals surface area contributed by atoms with E-state index in [2.05, 4.69) is 0 Å². The molecule has 1 aliphatic carbocycles. The predicted molar refractivity (Wildman–Crippen MR) is 66.0 cm³/mol. The van der Waals surface area contributed by atoms with E-state index in [0.29, 0.717) is 12.4 Å². The molecule has 2 N–H and O–H groups in total. The van der Waals surface area contributed by atoms with Crippen molar-refractivity contribution in [1.29, 1.82) is 0 Å². The highest BCUT2D eigenvalue weighted by Crippen LogP contribution is 2.30. The first kappa shape index (κ1) is 12.4. The molecule has 1 aliphatic rings. The molecule has 2 rings (SSSR count). The molecule has 0 heterocycles. The molecule has 0 saturated heterocycles. The lowest BCUT2D eigenvalue weighted by Gasteiger charge is -2.22. The number of ether oxygens (including phenoxy) is 1. The maximum Gasteiger partial charge on any atom is 0.119 e. The van der Waals surface area contributed by atoms with Crippen LogP contribution in [0.3, 0.4) is 0 Å². The summed E-state index contributed by atoms with van der Waals surface area (Å²) in [4.78, 5) is 0. The number of hydrogen-bond donors (Lipinski definition) is 2. The summed E-state index contributed by atoms with van der Waals surface area (Å²) in [6.45, 7) is 2.07. The second-order valence-corrected chi connectivity index (χ2v) is 4.97. The van der Waals surface area contributed by atoms with Gasteiger partial charge in [0.05, 0.1) is 11.7 Å². The van der Waals surface area contributed by atoms with Crippen molar-refractivity contribution in [2.75, 3.05) is 6.61 Å². The summed E-state index contributed by atoms with van der Waals surface area (Å²) in [7, 11) is 0. The maximum absolute atomic E-state index is 10.2. The van der Waals surface area contributed by atoms with Crippen LogP contribution in [0, 0.1) is 0 Å². The molecule has 1 aromatic carbocycles. The molecule has 0 radical (unpaired) electrons. The van der Waals surface area contributed by atoms with Crippen molar-refractivity contribution in [3.8, 4) is 5.75 Å². The van der Waals surface area contributed by atoms with E-state index in [0.717, 1.165) is 31.2 Å². The van der Waals surface area contributed by atoms with Gasteiger partial charge in [0.25, 0.3) is 0 Å². The van der Waals surface area contributed by atoms with Crippen LogP contribution < -0.4 is 4.74 Å². The molecular formula is C14H20O3. The highest BCUT2D eigenvalue weighted by Gasteiger charge is 2.31. The lowest BCUT2D eigenvalue weighted by atomic mass is 10.0. The molecule has 17 heavy (non-hydrogen) atoms. The molecule has 1 atom stereocenters. The van der Waals surface area contributed by atoms with Crippen LogP contribution in [0.5, 0.6) is 5.75 Å². The molecule has 1 fully saturated rings. The Balaban J connectivity index is 1.96. The van der Waals surface area contributed by atoms with Crippen molar-refractivity contribution in [1.82, 2.24) is 0 Å². The largest absolute Gasteiger partial charge is 0.491 e. The fourth-order valence-electron chi connectivity index (χ4n) is 2.26. The Morgan fingerprint density at radius 2 is 2.06 bits per heavy atom. The average Bonchev–Trinajstić information content (AvgIpc) is 2.75. The van der Waals surface area contributed by atoms with E-state index in [1.54, 1.807) is 6.92 Å². The standard InChI is InChI=1S/C14H20O3/c1-11(15)12-5-4-6-13(9-12)17-10-14(16)7-2-3-8-14/h4-6,9,11,15-16H,2-3,7-8,10H2,1H3. The molecular weight excluding hydrogens is 216 g/mol. The summed E-state index contributed by atoms with van der Waals surface area (Å²) < 4.78 is 5.62. The number of rotatable bonds is 4. The van der Waals surface area contributed by atoms with Crippen LogP contribution in [0.1, 0.15) is 44.3 Å². The first-order valence-corrected chi connectivity index (χ1v) is 6.22. The smallest absolute Gasteiger partial charge is 0.119 e. The molecule has 1 saturated carbocycles. The fraction of sp³-hybridized carbons (Fsp3) is 0.571. The first-order chi connectivity index (χ1) is 8.09. The van der Waals surface area contributed by atoms with Crippen molar-refractivity contribution >= 4 is 0 Å². The Morgan fingerprint density at radius 1 is 1.35 bits per heavy atom. The quantitative estimate of drug-likeness (QED) is 0.844. The normalized spacial score (nSPS) is 20.2. The lowest BCUT2D eigenvalue weighted by molar-refractivity contribution is 0.00135. The van der Waals surface area contributed by atoms with Crippen LogP contribution >= 0.6 is 0 Å². The fourth-order valence-corrected chi connectivity index (χ4v) is 2.26. The van der Waals surface area contributed by atoms with Crippen molar-refractivity contribution < 1.29 is 14.9 Å². The van der Waals surface area contributed by atoms with Gasteiger partial charge >= 0.3 is 0 Å². The van der Waals surface area contributed by atoms with Crippen molar-refractivity contribution in [3.05, 3.63) is 29.8 Å². The Hall–Kier alpha value is -1.06. The average molecular weight is 236 g/mol. The van der Waals surface area contributed by atoms with Crippen molar-refractivity contribution in [2.45, 2.75) is 44.3 Å². The molecule has 0 spiro atoms. The summed E-state index contributed by atoms with van der Waals surface area (Å²) in [5.74, 6) is 0.712. The number of benzene rings is 1. The minimum absolute atomic E-state index is 0.344. The van der Waals surface area contributed by atoms with Crippen LogP contribution in [0.4, 0.5) is 0 Å². The maximum atomic E-state index is 10.2. The van der Waals surface area contributed by atoms with Crippen LogP contribution in [-0.2, 0) is 0 Å². The second-order valence-electron chi connectivity index (χ2n) is 4.97. The molecule has 0 aromatic heterocycles. The van der Waals surface area contributed by atoms with Gasteiger partial charge in [-0.05, 0) is 37.5 Å². The molecule has 0 amide bonds. The first-order valence-electron chi connectivity index (χ1n) is 6.22. The lowest BCUT2D eigenvalue weighted by Crippen LogP contribution is -2.32. The van der Waals surface area contributed by atoms with Crippen LogP contribution in [0.25, 0.3) is 0 Å². The minimum atomic E-state index is -0.652. The van der Waals surface area contributed by atoms with E-state index >= 15 is 0 Å². The van der Waals surface area contributed by atoms with Gasteiger partial charge in [0.1, 0.15) is 12.4 Å². The summed E-state index contributed by atoms with van der Waals surface area (Å²) in [5, 5.41) is 19.6. The summed E-state index contributed by atoms with van der Waals surface area (Å²) >= 11 is 0. The molecule has 1 aromatic rings. The predicted octanol–water partition coefficient (Wildman–Crippen LogP) is 2.42. The number of aliphatic hydroxyl groups is 2. The number of hydrogen-bond acceptors (Lipinski definition) is 3. The minimum Gasteiger partial charge on any atom is -0.491 e. The second kappa shape index (κ2) is 5.07. The van der Waals surface area contributed by atoms with Gasteiger partial charge in [0.2, 0.25) is 0 Å². The van der Waals surface area contributed by atoms with Crippen LogP contribution in [0.2, 0.25) is 0 Å². The zero-order valence-corrected chi connectivity index (χ0v) is 10.2. The molecule has 3 nitrogen and oxygen atoms in total. The monoisotopic (exact) mass is 236 g/mol. The van der Waals surface area contributed by atoms with Gasteiger partial charge in [0, 0.05) is 0 Å². The van der Waals surface area contributed by atoms with Crippen LogP contribution in [0.15, 0.2) is 24.3 Å². The zero-order chi connectivity index (χ0) is 12.3. The Bertz CT molecular complexity index is 367. The Labute approximate surface area is 102 Å². The summed E-state index contributed by atoms with van der Waals surface area (Å²) in [6.07, 6.45) is 3.31. The van der Waals surface area contributed by atoms with Gasteiger partial charge in [-0.25, -0.2) is 0 Å². The van der Waals surface area contributed by atoms with Gasteiger partial charge in [-0.15, -0.1) is 0 Å². The van der Waals surface area contributed by atoms with E-state index in [-0.39, 0.29) is 0 Å². The number of aliphatic hydroxyl groups excluding tert-OH is 1. The van der Waals surface area contributed by atoms with Gasteiger partial charge < -0.3 is 14.9 Å². The Morgan fingerprint density at radius 3 is 2.71 bits per heavy atom. The van der Waals surface area contributed by atoms with Crippen LogP contribution in [-0.4, -0.2) is 22.4 Å². The molecule has 0 bridgehead atoms. The van der Waals surface area contributed by atoms with Crippen molar-refractivity contribution in [3.63, 3.8) is 0 Å². The third kappa shape index (κ3) is 3.20. The van der Waals surface area contributed by atoms with Gasteiger partial charge in [-0.2, -0.15) is 0 Å². The van der Waals surface area contributed by atoms with Gasteiger partial charge in [-0.1, -0.05) is 25.0 Å².